The molecular formula is C22H23F4N5O4. The van der Waals surface area contributed by atoms with Gasteiger partial charge in [-0.25, -0.2) is 23.9 Å². The van der Waals surface area contributed by atoms with Gasteiger partial charge >= 0.3 is 18.4 Å². The number of cyclic esters (lactones) is 1. The van der Waals surface area contributed by atoms with Gasteiger partial charge in [0, 0.05) is 50.1 Å². The molecule has 13 heteroatoms. The van der Waals surface area contributed by atoms with Gasteiger partial charge in [-0.2, -0.15) is 13.2 Å². The van der Waals surface area contributed by atoms with Gasteiger partial charge in [0.2, 0.25) is 6.10 Å². The highest BCUT2D eigenvalue weighted by Crippen LogP contribution is 2.45. The SMILES string of the molecule is CC(C)(C)OC(=O)N1CCN(c2cc(F)cc(-c3ccnc4c3[C@H](C(F)(F)F)OC(=O)N4)n2)CC1. The summed E-state index contributed by atoms with van der Waals surface area (Å²) in [5.41, 5.74) is -1.26. The van der Waals surface area contributed by atoms with Crippen molar-refractivity contribution in [1.82, 2.24) is 14.9 Å². The fourth-order valence-electron chi connectivity index (χ4n) is 3.81. The van der Waals surface area contributed by atoms with E-state index in [-0.39, 0.29) is 22.9 Å². The number of hydrogen-bond acceptors (Lipinski definition) is 7. The number of carbonyl (C=O) groups excluding carboxylic acids is 2. The van der Waals surface area contributed by atoms with Crippen LogP contribution in [0.25, 0.3) is 11.3 Å². The van der Waals surface area contributed by atoms with E-state index in [4.69, 9.17) is 4.74 Å². The van der Waals surface area contributed by atoms with E-state index >= 15 is 0 Å². The van der Waals surface area contributed by atoms with Gasteiger partial charge in [0.15, 0.2) is 0 Å². The van der Waals surface area contributed by atoms with Crippen molar-refractivity contribution in [3.05, 3.63) is 35.8 Å². The summed E-state index contributed by atoms with van der Waals surface area (Å²) in [6.45, 7) is 6.50. The second-order valence-electron chi connectivity index (χ2n) is 9.06. The first-order chi connectivity index (χ1) is 16.3. The largest absolute Gasteiger partial charge is 0.444 e. The Hall–Kier alpha value is -3.64. The summed E-state index contributed by atoms with van der Waals surface area (Å²) in [6.07, 6.45) is -8.06. The molecule has 0 spiro atoms. The summed E-state index contributed by atoms with van der Waals surface area (Å²) in [5.74, 6) is -0.854. The summed E-state index contributed by atoms with van der Waals surface area (Å²) in [4.78, 5) is 35.3. The Bertz CT molecular complexity index is 1140. The normalized spacial score (nSPS) is 18.5. The number of halogens is 4. The highest BCUT2D eigenvalue weighted by atomic mass is 19.4. The molecule has 0 unspecified atom stereocenters. The number of carbonyl (C=O) groups is 2. The molecule has 4 rings (SSSR count). The predicted molar refractivity (Wildman–Crippen MR) is 116 cm³/mol. The van der Waals surface area contributed by atoms with Gasteiger partial charge in [-0.15, -0.1) is 0 Å². The number of amides is 2. The van der Waals surface area contributed by atoms with Crippen LogP contribution in [0.2, 0.25) is 0 Å². The van der Waals surface area contributed by atoms with Crippen LogP contribution in [0.5, 0.6) is 0 Å². The van der Waals surface area contributed by atoms with E-state index in [2.05, 4.69) is 20.0 Å². The van der Waals surface area contributed by atoms with E-state index in [1.165, 1.54) is 23.2 Å². The van der Waals surface area contributed by atoms with Crippen LogP contribution in [0.1, 0.15) is 32.4 Å². The molecule has 188 valence electrons. The maximum Gasteiger partial charge on any atom is 0.430 e. The van der Waals surface area contributed by atoms with Crippen molar-refractivity contribution >= 4 is 23.8 Å². The maximum atomic E-state index is 14.6. The molecule has 0 saturated carbocycles. The van der Waals surface area contributed by atoms with Crippen LogP contribution in [-0.4, -0.2) is 65.0 Å². The van der Waals surface area contributed by atoms with Crippen molar-refractivity contribution in [2.45, 2.75) is 38.7 Å². The molecule has 1 saturated heterocycles. The average Bonchev–Trinajstić information content (AvgIpc) is 2.76. The minimum Gasteiger partial charge on any atom is -0.444 e. The molecular weight excluding hydrogens is 474 g/mol. The number of nitrogens with zero attached hydrogens (tertiary/aromatic N) is 4. The number of rotatable bonds is 2. The molecule has 4 heterocycles. The molecule has 2 aliphatic heterocycles. The standard InChI is InChI=1S/C22H23F4N5O4/c1-21(2,3)35-20(33)31-8-6-30(7-9-31)15-11-12(23)10-14(28-15)13-4-5-27-18-16(13)17(22(24,25)26)34-19(32)29-18/h4-5,10-11,17H,6-9H2,1-3H3,(H,27,29,32)/t17-/m1/s1. The summed E-state index contributed by atoms with van der Waals surface area (Å²) < 4.78 is 65.4. The van der Waals surface area contributed by atoms with E-state index in [1.807, 2.05) is 0 Å². The zero-order chi connectivity index (χ0) is 25.5. The lowest BCUT2D eigenvalue weighted by Gasteiger charge is -2.36. The van der Waals surface area contributed by atoms with Crippen LogP contribution in [0.15, 0.2) is 24.4 Å². The number of pyridine rings is 2. The second-order valence-corrected chi connectivity index (χ2v) is 9.06. The number of fused-ring (bicyclic) bond motifs is 1. The zero-order valence-corrected chi connectivity index (χ0v) is 19.1. The number of piperazine rings is 1. The van der Waals surface area contributed by atoms with E-state index in [0.29, 0.717) is 26.2 Å². The topological polar surface area (TPSA) is 96.9 Å². The minimum absolute atomic E-state index is 0.0783. The van der Waals surface area contributed by atoms with Gasteiger partial charge in [-0.3, -0.25) is 5.32 Å². The molecule has 2 amide bonds. The molecule has 2 aromatic heterocycles. The van der Waals surface area contributed by atoms with Crippen molar-refractivity contribution < 1.29 is 36.6 Å². The smallest absolute Gasteiger partial charge is 0.430 e. The summed E-state index contributed by atoms with van der Waals surface area (Å²) in [7, 11) is 0. The lowest BCUT2D eigenvalue weighted by Crippen LogP contribution is -2.50. The maximum absolute atomic E-state index is 14.6. The van der Waals surface area contributed by atoms with Crippen LogP contribution in [0, 0.1) is 5.82 Å². The van der Waals surface area contributed by atoms with Crippen molar-refractivity contribution in [2.24, 2.45) is 0 Å². The molecule has 0 aromatic carbocycles. The highest BCUT2D eigenvalue weighted by molar-refractivity contribution is 5.89. The van der Waals surface area contributed by atoms with Crippen molar-refractivity contribution in [1.29, 1.82) is 0 Å². The Labute approximate surface area is 198 Å². The van der Waals surface area contributed by atoms with Gasteiger partial charge in [0.25, 0.3) is 0 Å². The third-order valence-corrected chi connectivity index (χ3v) is 5.30. The fraction of sp³-hybridized carbons (Fsp3) is 0.455. The minimum atomic E-state index is -4.92. The molecule has 1 fully saturated rings. The first-order valence-electron chi connectivity index (χ1n) is 10.8. The summed E-state index contributed by atoms with van der Waals surface area (Å²) in [5, 5.41) is 2.14. The van der Waals surface area contributed by atoms with Gasteiger partial charge in [-0.1, -0.05) is 0 Å². The fourth-order valence-corrected chi connectivity index (χ4v) is 3.81. The van der Waals surface area contributed by atoms with Crippen LogP contribution in [0.4, 0.5) is 38.8 Å². The van der Waals surface area contributed by atoms with Crippen molar-refractivity contribution in [3.8, 4) is 11.3 Å². The van der Waals surface area contributed by atoms with Gasteiger partial charge in [-0.05, 0) is 26.8 Å². The quantitative estimate of drug-likeness (QED) is 0.610. The number of nitrogens with one attached hydrogen (secondary N) is 1. The molecule has 0 radical (unpaired) electrons. The second kappa shape index (κ2) is 8.86. The number of hydrogen-bond donors (Lipinski definition) is 1. The molecule has 35 heavy (non-hydrogen) atoms. The van der Waals surface area contributed by atoms with Crippen molar-refractivity contribution in [3.63, 3.8) is 0 Å². The number of aromatic nitrogens is 2. The summed E-state index contributed by atoms with van der Waals surface area (Å²) >= 11 is 0. The predicted octanol–water partition coefficient (Wildman–Crippen LogP) is 4.51. The summed E-state index contributed by atoms with van der Waals surface area (Å²) in [6, 6.07) is 3.42. The molecule has 0 aliphatic carbocycles. The first-order valence-corrected chi connectivity index (χ1v) is 10.8. The molecule has 0 bridgehead atoms. The average molecular weight is 497 g/mol. The lowest BCUT2D eigenvalue weighted by atomic mass is 9.99. The first kappa shape index (κ1) is 24.5. The van der Waals surface area contributed by atoms with Gasteiger partial charge < -0.3 is 19.3 Å². The van der Waals surface area contributed by atoms with E-state index in [0.717, 1.165) is 6.07 Å². The monoisotopic (exact) mass is 497 g/mol. The Morgan fingerprint density at radius 1 is 1.17 bits per heavy atom. The van der Waals surface area contributed by atoms with Crippen LogP contribution in [-0.2, 0) is 9.47 Å². The Morgan fingerprint density at radius 2 is 1.86 bits per heavy atom. The van der Waals surface area contributed by atoms with Crippen LogP contribution >= 0.6 is 0 Å². The molecule has 1 N–H and O–H groups in total. The third kappa shape index (κ3) is 5.38. The zero-order valence-electron chi connectivity index (χ0n) is 19.1. The Balaban J connectivity index is 1.62. The van der Waals surface area contributed by atoms with Crippen LogP contribution in [0.3, 0.4) is 0 Å². The van der Waals surface area contributed by atoms with E-state index < -0.39 is 41.4 Å². The molecule has 2 aromatic rings. The van der Waals surface area contributed by atoms with Gasteiger partial charge in [0.05, 0.1) is 11.3 Å². The molecule has 2 aliphatic rings. The van der Waals surface area contributed by atoms with Crippen LogP contribution < -0.4 is 10.2 Å². The molecule has 1 atom stereocenters. The number of ether oxygens (including phenoxy) is 2. The van der Waals surface area contributed by atoms with E-state index in [1.54, 1.807) is 25.7 Å². The third-order valence-electron chi connectivity index (χ3n) is 5.30. The number of alkyl halides is 3. The lowest BCUT2D eigenvalue weighted by molar-refractivity contribution is -0.206. The van der Waals surface area contributed by atoms with Crippen molar-refractivity contribution in [2.75, 3.05) is 36.4 Å². The Kier molecular flexibility index (Phi) is 6.20. The van der Waals surface area contributed by atoms with E-state index in [9.17, 15) is 27.2 Å². The molecule has 9 nitrogen and oxygen atoms in total. The van der Waals surface area contributed by atoms with Gasteiger partial charge in [0.1, 0.15) is 23.1 Å². The Morgan fingerprint density at radius 3 is 2.49 bits per heavy atom. The highest BCUT2D eigenvalue weighted by Gasteiger charge is 2.49. The number of anilines is 2.